The second-order valence-corrected chi connectivity index (χ2v) is 12.1. The number of phenolic OH excluding ortho intramolecular Hbond substituents is 1. The van der Waals surface area contributed by atoms with Gasteiger partial charge in [0.05, 0.1) is 13.1 Å². The Morgan fingerprint density at radius 1 is 1.07 bits per heavy atom. The zero-order valence-corrected chi connectivity index (χ0v) is 25.9. The van der Waals surface area contributed by atoms with E-state index in [0.29, 0.717) is 13.1 Å². The number of urea groups is 1. The van der Waals surface area contributed by atoms with Crippen molar-refractivity contribution in [1.29, 1.82) is 0 Å². The maximum absolute atomic E-state index is 14.3. The number of piperazine rings is 1. The van der Waals surface area contributed by atoms with Gasteiger partial charge in [0.2, 0.25) is 11.8 Å². The largest absolute Gasteiger partial charge is 0.508 e. The van der Waals surface area contributed by atoms with Crippen LogP contribution < -0.4 is 10.6 Å². The average molecular weight is 625 g/mol. The Morgan fingerprint density at radius 2 is 1.84 bits per heavy atom. The summed E-state index contributed by atoms with van der Waals surface area (Å²) in [6, 6.07) is 21.2. The zero-order valence-electron chi connectivity index (χ0n) is 25.1. The fourth-order valence-electron chi connectivity index (χ4n) is 6.12. The molecule has 3 heterocycles. The van der Waals surface area contributed by atoms with Crippen molar-refractivity contribution in [2.24, 2.45) is 0 Å². The molecule has 1 aromatic heterocycles. The molecule has 3 N–H and O–H groups in total. The summed E-state index contributed by atoms with van der Waals surface area (Å²) in [6.45, 7) is 4.86. The summed E-state index contributed by atoms with van der Waals surface area (Å²) in [5.41, 5.74) is 3.72. The van der Waals surface area contributed by atoms with E-state index in [4.69, 9.17) is 0 Å². The van der Waals surface area contributed by atoms with Gasteiger partial charge in [0.25, 0.3) is 0 Å². The van der Waals surface area contributed by atoms with Crippen LogP contribution in [-0.4, -0.2) is 81.7 Å². The van der Waals surface area contributed by atoms with Gasteiger partial charge in [-0.3, -0.25) is 9.59 Å². The summed E-state index contributed by atoms with van der Waals surface area (Å²) >= 11 is 1.62. The van der Waals surface area contributed by atoms with Crippen LogP contribution in [0.15, 0.2) is 90.8 Å². The van der Waals surface area contributed by atoms with Crippen LogP contribution in [0, 0.1) is 0 Å². The highest BCUT2D eigenvalue weighted by molar-refractivity contribution is 7.17. The third-order valence-corrected chi connectivity index (χ3v) is 9.35. The minimum Gasteiger partial charge on any atom is -0.508 e. The van der Waals surface area contributed by atoms with Gasteiger partial charge in [0.15, 0.2) is 0 Å². The number of carbonyl (C=O) groups excluding carboxylic acids is 3. The Hall–Kier alpha value is -4.87. The lowest BCUT2D eigenvalue weighted by molar-refractivity contribution is -0.189. The van der Waals surface area contributed by atoms with E-state index in [0.717, 1.165) is 32.5 Å². The van der Waals surface area contributed by atoms with Crippen molar-refractivity contribution < 1.29 is 19.5 Å². The molecule has 2 atom stereocenters. The molecule has 0 aliphatic carbocycles. The third-order valence-electron chi connectivity index (χ3n) is 8.33. The Balaban J connectivity index is 1.36. The summed E-state index contributed by atoms with van der Waals surface area (Å²) in [4.78, 5) is 45.4. The van der Waals surface area contributed by atoms with Crippen LogP contribution in [0.4, 0.5) is 10.5 Å². The number of thiophene rings is 1. The van der Waals surface area contributed by atoms with Crippen LogP contribution in [0.5, 0.6) is 5.75 Å². The predicted octanol–water partition coefficient (Wildman–Crippen LogP) is 4.39. The Kier molecular flexibility index (Phi) is 8.72. The molecule has 0 radical (unpaired) electrons. The standard InChI is InChI=1S/C34H36N6O4S/c1-3-15-38-21-32(42)39-29(16-23-9-12-27(41)13-10-23)33(43)37(19-25-22-45-30-14-11-26(35-2)17-28(25)30)20-31(39)40(38)34(44)36-18-24-7-5-4-6-8-24/h3-14,17,22,29,31,35,41H,1,15-16,18-21H2,2H3,(H,36,44)/t29-,31-/m0/s1. The predicted molar refractivity (Wildman–Crippen MR) is 175 cm³/mol. The highest BCUT2D eigenvalue weighted by Crippen LogP contribution is 2.33. The summed E-state index contributed by atoms with van der Waals surface area (Å²) < 4.78 is 1.11. The number of aromatic hydroxyl groups is 1. The van der Waals surface area contributed by atoms with Gasteiger partial charge in [-0.15, -0.1) is 17.9 Å². The highest BCUT2D eigenvalue weighted by Gasteiger charge is 2.51. The lowest BCUT2D eigenvalue weighted by atomic mass is 9.98. The Labute approximate surface area is 266 Å². The second-order valence-electron chi connectivity index (χ2n) is 11.2. The molecule has 6 rings (SSSR count). The van der Waals surface area contributed by atoms with E-state index in [9.17, 15) is 19.5 Å². The normalized spacial score (nSPS) is 18.6. The number of amides is 4. The van der Waals surface area contributed by atoms with Gasteiger partial charge in [-0.2, -0.15) is 0 Å². The van der Waals surface area contributed by atoms with Crippen molar-refractivity contribution in [3.63, 3.8) is 0 Å². The van der Waals surface area contributed by atoms with Crippen molar-refractivity contribution in [2.75, 3.05) is 32.0 Å². The first-order valence-electron chi connectivity index (χ1n) is 14.9. The van der Waals surface area contributed by atoms with Crippen LogP contribution in [0.25, 0.3) is 10.1 Å². The monoisotopic (exact) mass is 624 g/mol. The number of phenols is 1. The summed E-state index contributed by atoms with van der Waals surface area (Å²) in [7, 11) is 1.87. The van der Waals surface area contributed by atoms with E-state index in [1.807, 2.05) is 43.4 Å². The maximum Gasteiger partial charge on any atom is 0.334 e. The van der Waals surface area contributed by atoms with E-state index < -0.39 is 12.2 Å². The van der Waals surface area contributed by atoms with E-state index in [1.54, 1.807) is 61.5 Å². The molecule has 0 saturated carbocycles. The number of fused-ring (bicyclic) bond motifs is 2. The topological polar surface area (TPSA) is 108 Å². The summed E-state index contributed by atoms with van der Waals surface area (Å²) in [5.74, 6) is -0.294. The van der Waals surface area contributed by atoms with Crippen molar-refractivity contribution in [1.82, 2.24) is 25.1 Å². The minimum absolute atomic E-state index is 0.0669. The molecule has 10 nitrogen and oxygen atoms in total. The van der Waals surface area contributed by atoms with E-state index >= 15 is 0 Å². The Morgan fingerprint density at radius 3 is 2.58 bits per heavy atom. The Bertz CT molecular complexity index is 1710. The van der Waals surface area contributed by atoms with Crippen LogP contribution >= 0.6 is 11.3 Å². The van der Waals surface area contributed by atoms with E-state index in [-0.39, 0.29) is 49.7 Å². The van der Waals surface area contributed by atoms with Crippen molar-refractivity contribution in [3.05, 3.63) is 108 Å². The second kappa shape index (κ2) is 13.0. The molecule has 2 saturated heterocycles. The molecule has 4 aromatic rings. The number of nitrogens with zero attached hydrogens (tertiary/aromatic N) is 4. The number of hydrazine groups is 1. The van der Waals surface area contributed by atoms with Crippen molar-refractivity contribution >= 4 is 45.0 Å². The van der Waals surface area contributed by atoms with Gasteiger partial charge < -0.3 is 25.5 Å². The molecule has 11 heteroatoms. The third kappa shape index (κ3) is 6.22. The molecule has 0 unspecified atom stereocenters. The molecular weight excluding hydrogens is 588 g/mol. The molecule has 45 heavy (non-hydrogen) atoms. The highest BCUT2D eigenvalue weighted by atomic mass is 32.1. The number of hydrogen-bond acceptors (Lipinski definition) is 7. The van der Waals surface area contributed by atoms with Crippen LogP contribution in [0.1, 0.15) is 16.7 Å². The molecule has 3 aromatic carbocycles. The van der Waals surface area contributed by atoms with Crippen molar-refractivity contribution in [3.8, 4) is 5.75 Å². The first-order chi connectivity index (χ1) is 21.9. The average Bonchev–Trinajstić information content (AvgIpc) is 3.45. The molecule has 2 fully saturated rings. The molecule has 2 aliphatic heterocycles. The molecule has 2 aliphatic rings. The number of carbonyl (C=O) groups is 3. The first kappa shape index (κ1) is 30.2. The van der Waals surface area contributed by atoms with Crippen LogP contribution in [-0.2, 0) is 29.1 Å². The number of benzene rings is 3. The lowest BCUT2D eigenvalue weighted by Gasteiger charge is -2.55. The SMILES string of the molecule is C=CCN1CC(=O)N2[C@@H](Cc3ccc(O)cc3)C(=O)N(Cc3csc4ccc(NC)cc34)C[C@@H]2N1C(=O)NCc1ccccc1. The number of hydrogen-bond donors (Lipinski definition) is 3. The minimum atomic E-state index is -0.839. The summed E-state index contributed by atoms with van der Waals surface area (Å²) in [6.07, 6.45) is 1.17. The van der Waals surface area contributed by atoms with Crippen LogP contribution in [0.2, 0.25) is 0 Å². The van der Waals surface area contributed by atoms with Gasteiger partial charge in [0, 0.05) is 43.5 Å². The lowest BCUT2D eigenvalue weighted by Crippen LogP contribution is -2.76. The molecule has 0 bridgehead atoms. The molecule has 232 valence electrons. The first-order valence-corrected chi connectivity index (χ1v) is 15.8. The van der Waals surface area contributed by atoms with Gasteiger partial charge in [-0.25, -0.2) is 14.8 Å². The van der Waals surface area contributed by atoms with Gasteiger partial charge in [-0.1, -0.05) is 48.5 Å². The van der Waals surface area contributed by atoms with E-state index in [1.165, 1.54) is 0 Å². The summed E-state index contributed by atoms with van der Waals surface area (Å²) in [5, 5.41) is 22.5. The zero-order chi connectivity index (χ0) is 31.5. The maximum atomic E-state index is 14.3. The van der Waals surface area contributed by atoms with E-state index in [2.05, 4.69) is 34.7 Å². The smallest absolute Gasteiger partial charge is 0.334 e. The van der Waals surface area contributed by atoms with Gasteiger partial charge >= 0.3 is 6.03 Å². The van der Waals surface area contributed by atoms with Gasteiger partial charge in [-0.05, 0) is 57.8 Å². The molecule has 0 spiro atoms. The quantitative estimate of drug-likeness (QED) is 0.239. The fourth-order valence-corrected chi connectivity index (χ4v) is 7.05. The van der Waals surface area contributed by atoms with Crippen molar-refractivity contribution in [2.45, 2.75) is 31.7 Å². The molecule has 4 amide bonds. The van der Waals surface area contributed by atoms with Gasteiger partial charge in [0.1, 0.15) is 18.0 Å². The number of anilines is 1. The fraction of sp³-hybridized carbons (Fsp3) is 0.265. The molecular formula is C34H36N6O4S. The van der Waals surface area contributed by atoms with Crippen LogP contribution in [0.3, 0.4) is 0 Å². The number of nitrogens with one attached hydrogen (secondary N) is 2. The number of rotatable bonds is 9.